The van der Waals surface area contributed by atoms with Gasteiger partial charge in [-0.1, -0.05) is 22.5 Å². The van der Waals surface area contributed by atoms with Crippen molar-refractivity contribution in [2.75, 3.05) is 39.4 Å². The molecule has 0 spiro atoms. The van der Waals surface area contributed by atoms with Gasteiger partial charge in [-0.2, -0.15) is 5.10 Å². The van der Waals surface area contributed by atoms with Crippen LogP contribution in [0.4, 0.5) is 0 Å². The Labute approximate surface area is 184 Å². The highest BCUT2D eigenvalue weighted by Crippen LogP contribution is 2.22. The molecule has 2 heterocycles. The lowest BCUT2D eigenvalue weighted by Gasteiger charge is -2.28. The third kappa shape index (κ3) is 5.47. The van der Waals surface area contributed by atoms with Crippen molar-refractivity contribution in [2.45, 2.75) is 19.4 Å². The highest BCUT2D eigenvalue weighted by molar-refractivity contribution is 9.10. The second-order valence-corrected chi connectivity index (χ2v) is 9.06. The Morgan fingerprint density at radius 2 is 2.00 bits per heavy atom. The van der Waals surface area contributed by atoms with Gasteiger partial charge in [0.2, 0.25) is 5.91 Å². The van der Waals surface area contributed by atoms with Crippen molar-refractivity contribution in [2.24, 2.45) is 7.05 Å². The Hall–Kier alpha value is -2.23. The molecule has 1 aliphatic heterocycles. The summed E-state index contributed by atoms with van der Waals surface area (Å²) in [6, 6.07) is 5.67. The summed E-state index contributed by atoms with van der Waals surface area (Å²) in [5, 5.41) is 11.0. The standard InChI is InChI=1S/C21H28BrN5O3/c1-14(12-27-7-9-30-10-8-27)19(28)23-13-21(2,3)24-20(29)18-16-6-5-15(22)11-17(16)26(4)25-18/h5-6,11H,1,7-10,12-13H2,2-4H3,(H,23,28)(H,24,29). The van der Waals surface area contributed by atoms with Crippen LogP contribution >= 0.6 is 15.9 Å². The van der Waals surface area contributed by atoms with Gasteiger partial charge in [-0.05, 0) is 32.0 Å². The van der Waals surface area contributed by atoms with E-state index in [-0.39, 0.29) is 18.4 Å². The number of ether oxygens (including phenoxy) is 1. The molecule has 0 saturated carbocycles. The maximum atomic E-state index is 12.9. The highest BCUT2D eigenvalue weighted by atomic mass is 79.9. The molecule has 30 heavy (non-hydrogen) atoms. The van der Waals surface area contributed by atoms with Crippen LogP contribution in [-0.2, 0) is 16.6 Å². The number of hydrogen-bond acceptors (Lipinski definition) is 5. The van der Waals surface area contributed by atoms with Crippen LogP contribution in [0.3, 0.4) is 0 Å². The van der Waals surface area contributed by atoms with Crippen LogP contribution < -0.4 is 10.6 Å². The van der Waals surface area contributed by atoms with Crippen molar-refractivity contribution in [1.29, 1.82) is 0 Å². The molecule has 0 bridgehead atoms. The van der Waals surface area contributed by atoms with Gasteiger partial charge in [-0.25, -0.2) is 0 Å². The second-order valence-electron chi connectivity index (χ2n) is 8.15. The van der Waals surface area contributed by atoms with E-state index in [9.17, 15) is 9.59 Å². The van der Waals surface area contributed by atoms with Crippen LogP contribution in [0.15, 0.2) is 34.8 Å². The number of amides is 2. The number of benzene rings is 1. The smallest absolute Gasteiger partial charge is 0.272 e. The van der Waals surface area contributed by atoms with Gasteiger partial charge >= 0.3 is 0 Å². The molecule has 1 aliphatic rings. The third-order valence-electron chi connectivity index (χ3n) is 5.01. The predicted octanol–water partition coefficient (Wildman–Crippen LogP) is 1.85. The number of aromatic nitrogens is 2. The number of halogens is 1. The van der Waals surface area contributed by atoms with Crippen LogP contribution in [-0.4, -0.2) is 71.4 Å². The monoisotopic (exact) mass is 477 g/mol. The summed E-state index contributed by atoms with van der Waals surface area (Å²) in [4.78, 5) is 27.4. The molecule has 8 nitrogen and oxygen atoms in total. The molecule has 2 N–H and O–H groups in total. The number of carbonyl (C=O) groups is 2. The fourth-order valence-electron chi connectivity index (χ4n) is 3.34. The van der Waals surface area contributed by atoms with Crippen molar-refractivity contribution in [1.82, 2.24) is 25.3 Å². The van der Waals surface area contributed by atoms with E-state index in [1.54, 1.807) is 11.7 Å². The van der Waals surface area contributed by atoms with Crippen molar-refractivity contribution >= 4 is 38.6 Å². The van der Waals surface area contributed by atoms with Crippen molar-refractivity contribution < 1.29 is 14.3 Å². The number of aryl methyl sites for hydroxylation is 1. The maximum absolute atomic E-state index is 12.9. The van der Waals surface area contributed by atoms with Gasteiger partial charge < -0.3 is 15.4 Å². The zero-order valence-corrected chi connectivity index (χ0v) is 19.2. The van der Waals surface area contributed by atoms with Gasteiger partial charge in [-0.15, -0.1) is 0 Å². The zero-order valence-electron chi connectivity index (χ0n) is 17.6. The quantitative estimate of drug-likeness (QED) is 0.594. The van der Waals surface area contributed by atoms with E-state index in [2.05, 4.69) is 43.1 Å². The normalized spacial score (nSPS) is 15.2. The number of nitrogens with one attached hydrogen (secondary N) is 2. The summed E-state index contributed by atoms with van der Waals surface area (Å²) in [7, 11) is 1.80. The predicted molar refractivity (Wildman–Crippen MR) is 119 cm³/mol. The van der Waals surface area contributed by atoms with E-state index in [4.69, 9.17) is 4.74 Å². The van der Waals surface area contributed by atoms with E-state index in [1.807, 2.05) is 32.0 Å². The molecule has 9 heteroatoms. The van der Waals surface area contributed by atoms with Crippen molar-refractivity contribution in [3.05, 3.63) is 40.5 Å². The second kappa shape index (κ2) is 9.28. The molecular formula is C21H28BrN5O3. The van der Waals surface area contributed by atoms with E-state index < -0.39 is 5.54 Å². The van der Waals surface area contributed by atoms with Crippen LogP contribution in [0.2, 0.25) is 0 Å². The van der Waals surface area contributed by atoms with Gasteiger partial charge in [0, 0.05) is 48.7 Å². The minimum Gasteiger partial charge on any atom is -0.379 e. The number of rotatable bonds is 7. The van der Waals surface area contributed by atoms with Gasteiger partial charge in [0.15, 0.2) is 5.69 Å². The van der Waals surface area contributed by atoms with E-state index in [0.29, 0.717) is 31.0 Å². The molecular weight excluding hydrogens is 450 g/mol. The minimum atomic E-state index is -0.662. The SMILES string of the molecule is C=C(CN1CCOCC1)C(=O)NCC(C)(C)NC(=O)c1nn(C)c2cc(Br)ccc12. The molecule has 1 aromatic heterocycles. The van der Waals surface area contributed by atoms with Gasteiger partial charge in [0.05, 0.1) is 24.3 Å². The van der Waals surface area contributed by atoms with Crippen molar-refractivity contribution in [3.8, 4) is 0 Å². The topological polar surface area (TPSA) is 88.5 Å². The zero-order chi connectivity index (χ0) is 21.9. The van der Waals surface area contributed by atoms with Crippen LogP contribution in [0.5, 0.6) is 0 Å². The molecule has 0 unspecified atom stereocenters. The molecule has 1 saturated heterocycles. The lowest BCUT2D eigenvalue weighted by atomic mass is 10.0. The summed E-state index contributed by atoms with van der Waals surface area (Å²) < 4.78 is 7.92. The molecule has 0 atom stereocenters. The average Bonchev–Trinajstić information content (AvgIpc) is 3.03. The summed E-state index contributed by atoms with van der Waals surface area (Å²) in [5.41, 5.74) is 1.06. The average molecular weight is 478 g/mol. The van der Waals surface area contributed by atoms with Crippen molar-refractivity contribution in [3.63, 3.8) is 0 Å². The Morgan fingerprint density at radius 3 is 2.70 bits per heavy atom. The number of fused-ring (bicyclic) bond motifs is 1. The first-order chi connectivity index (χ1) is 14.2. The third-order valence-corrected chi connectivity index (χ3v) is 5.50. The van der Waals surface area contributed by atoms with Crippen LogP contribution in [0, 0.1) is 0 Å². The Morgan fingerprint density at radius 1 is 1.30 bits per heavy atom. The summed E-state index contributed by atoms with van der Waals surface area (Å²) in [5.74, 6) is -0.494. The molecule has 1 fully saturated rings. The largest absolute Gasteiger partial charge is 0.379 e. The minimum absolute atomic E-state index is 0.211. The molecule has 2 aromatic rings. The van der Waals surface area contributed by atoms with E-state index in [1.165, 1.54) is 0 Å². The molecule has 3 rings (SSSR count). The lowest BCUT2D eigenvalue weighted by molar-refractivity contribution is -0.118. The lowest BCUT2D eigenvalue weighted by Crippen LogP contribution is -2.52. The van der Waals surface area contributed by atoms with Crippen LogP contribution in [0.25, 0.3) is 10.9 Å². The highest BCUT2D eigenvalue weighted by Gasteiger charge is 2.26. The van der Waals surface area contributed by atoms with Gasteiger partial charge in [0.1, 0.15) is 0 Å². The molecule has 2 amide bonds. The Balaban J connectivity index is 1.57. The van der Waals surface area contributed by atoms with E-state index in [0.717, 1.165) is 28.5 Å². The Kier molecular flexibility index (Phi) is 6.95. The molecule has 162 valence electrons. The first-order valence-corrected chi connectivity index (χ1v) is 10.7. The molecule has 0 radical (unpaired) electrons. The first-order valence-electron chi connectivity index (χ1n) is 9.87. The Bertz CT molecular complexity index is 963. The van der Waals surface area contributed by atoms with Crippen LogP contribution in [0.1, 0.15) is 24.3 Å². The number of hydrogen-bond donors (Lipinski definition) is 2. The molecule has 1 aromatic carbocycles. The van der Waals surface area contributed by atoms with E-state index >= 15 is 0 Å². The van der Waals surface area contributed by atoms with Gasteiger partial charge in [-0.3, -0.25) is 19.2 Å². The summed E-state index contributed by atoms with van der Waals surface area (Å²) in [6.45, 7) is 11.3. The number of morpholine rings is 1. The molecule has 0 aliphatic carbocycles. The summed E-state index contributed by atoms with van der Waals surface area (Å²) in [6.07, 6.45) is 0. The first kappa shape index (κ1) is 22.5. The fourth-order valence-corrected chi connectivity index (χ4v) is 3.69. The van der Waals surface area contributed by atoms with Gasteiger partial charge in [0.25, 0.3) is 5.91 Å². The fraction of sp³-hybridized carbons (Fsp3) is 0.476. The maximum Gasteiger partial charge on any atom is 0.272 e. The number of nitrogens with zero attached hydrogens (tertiary/aromatic N) is 3. The summed E-state index contributed by atoms with van der Waals surface area (Å²) >= 11 is 3.44. The number of carbonyl (C=O) groups excluding carboxylic acids is 2.